The van der Waals surface area contributed by atoms with Crippen molar-refractivity contribution in [2.75, 3.05) is 19.0 Å². The number of rotatable bonds is 8. The first-order valence-corrected chi connectivity index (χ1v) is 10.6. The van der Waals surface area contributed by atoms with Gasteiger partial charge in [0, 0.05) is 22.8 Å². The van der Waals surface area contributed by atoms with Crippen molar-refractivity contribution in [3.63, 3.8) is 0 Å². The van der Waals surface area contributed by atoms with Gasteiger partial charge in [0.05, 0.1) is 24.1 Å². The molecule has 0 atom stereocenters. The Bertz CT molecular complexity index is 1150. The van der Waals surface area contributed by atoms with E-state index in [1.165, 1.54) is 7.11 Å². The van der Waals surface area contributed by atoms with Crippen LogP contribution < -0.4 is 5.32 Å². The molecule has 8 nitrogen and oxygen atoms in total. The molecule has 3 aromatic rings. The van der Waals surface area contributed by atoms with Crippen LogP contribution in [0.1, 0.15) is 33.7 Å². The first-order chi connectivity index (χ1) is 15.8. The van der Waals surface area contributed by atoms with Crippen molar-refractivity contribution in [3.8, 4) is 5.69 Å². The fourth-order valence-electron chi connectivity index (χ4n) is 3.30. The molecule has 0 radical (unpaired) electrons. The van der Waals surface area contributed by atoms with Crippen LogP contribution >= 0.6 is 11.6 Å². The Hall–Kier alpha value is -3.65. The van der Waals surface area contributed by atoms with Crippen LogP contribution in [0.4, 0.5) is 5.69 Å². The summed E-state index contributed by atoms with van der Waals surface area (Å²) in [6.07, 6.45) is 0.813. The lowest BCUT2D eigenvalue weighted by Crippen LogP contribution is -2.20. The number of hydrogen-bond donors (Lipinski definition) is 1. The van der Waals surface area contributed by atoms with E-state index in [1.807, 2.05) is 13.8 Å². The summed E-state index contributed by atoms with van der Waals surface area (Å²) in [6.45, 7) is 3.40. The molecule has 0 saturated heterocycles. The lowest BCUT2D eigenvalue weighted by molar-refractivity contribution is -0.140. The summed E-state index contributed by atoms with van der Waals surface area (Å²) in [7, 11) is 1.37. The maximum atomic E-state index is 12.3. The zero-order chi connectivity index (χ0) is 24.0. The molecule has 9 heteroatoms. The van der Waals surface area contributed by atoms with Gasteiger partial charge in [-0.2, -0.15) is 5.10 Å². The van der Waals surface area contributed by atoms with Gasteiger partial charge in [-0.1, -0.05) is 11.6 Å². The number of halogens is 1. The van der Waals surface area contributed by atoms with Crippen LogP contribution in [0, 0.1) is 13.8 Å². The minimum Gasteiger partial charge on any atom is -0.469 e. The summed E-state index contributed by atoms with van der Waals surface area (Å²) < 4.78 is 11.6. The quantitative estimate of drug-likeness (QED) is 0.500. The third-order valence-corrected chi connectivity index (χ3v) is 5.31. The van der Waals surface area contributed by atoms with Crippen LogP contribution in [-0.2, 0) is 25.5 Å². The summed E-state index contributed by atoms with van der Waals surface area (Å²) >= 11 is 5.81. The zero-order valence-corrected chi connectivity index (χ0v) is 19.3. The number of methoxy groups -OCH3 is 1. The third kappa shape index (κ3) is 6.20. The van der Waals surface area contributed by atoms with Crippen molar-refractivity contribution in [3.05, 3.63) is 76.1 Å². The molecular formula is C24H24ClN3O5. The van der Waals surface area contributed by atoms with Gasteiger partial charge in [-0.25, -0.2) is 9.48 Å². The van der Waals surface area contributed by atoms with Crippen LogP contribution in [0.3, 0.4) is 0 Å². The van der Waals surface area contributed by atoms with Gasteiger partial charge in [0.25, 0.3) is 5.91 Å². The molecule has 0 unspecified atom stereocenters. The fourth-order valence-corrected chi connectivity index (χ4v) is 3.43. The van der Waals surface area contributed by atoms with Crippen LogP contribution in [0.25, 0.3) is 5.69 Å². The smallest absolute Gasteiger partial charge is 0.338 e. The Morgan fingerprint density at radius 1 is 1.03 bits per heavy atom. The molecule has 0 aliphatic rings. The molecule has 1 aromatic heterocycles. The highest BCUT2D eigenvalue weighted by Gasteiger charge is 2.16. The van der Waals surface area contributed by atoms with E-state index in [1.54, 1.807) is 53.2 Å². The standard InChI is InChI=1S/C24H24ClN3O5/c1-15-21(12-13-23(30)32-3)16(2)28(27-15)20-10-4-17(5-11-20)24(31)33-14-22(29)26-19-8-6-18(25)7-9-19/h4-11H,12-14H2,1-3H3,(H,26,29). The first-order valence-electron chi connectivity index (χ1n) is 10.2. The molecule has 33 heavy (non-hydrogen) atoms. The largest absolute Gasteiger partial charge is 0.469 e. The summed E-state index contributed by atoms with van der Waals surface area (Å²) in [5.74, 6) is -1.34. The highest BCUT2D eigenvalue weighted by molar-refractivity contribution is 6.30. The Balaban J connectivity index is 1.60. The Kier molecular flexibility index (Phi) is 7.84. The second-order valence-electron chi connectivity index (χ2n) is 7.32. The molecule has 0 aliphatic heterocycles. The highest BCUT2D eigenvalue weighted by atomic mass is 35.5. The third-order valence-electron chi connectivity index (χ3n) is 5.06. The molecule has 1 N–H and O–H groups in total. The highest BCUT2D eigenvalue weighted by Crippen LogP contribution is 2.20. The summed E-state index contributed by atoms with van der Waals surface area (Å²) in [6, 6.07) is 13.3. The molecule has 0 spiro atoms. The Morgan fingerprint density at radius 3 is 2.33 bits per heavy atom. The Morgan fingerprint density at radius 2 is 1.70 bits per heavy atom. The van der Waals surface area contributed by atoms with E-state index in [-0.39, 0.29) is 12.4 Å². The predicted molar refractivity (Wildman–Crippen MR) is 124 cm³/mol. The molecule has 0 saturated carbocycles. The number of esters is 2. The zero-order valence-electron chi connectivity index (χ0n) is 18.6. The van der Waals surface area contributed by atoms with Crippen LogP contribution in [0.2, 0.25) is 5.02 Å². The normalized spacial score (nSPS) is 10.5. The van der Waals surface area contributed by atoms with E-state index in [2.05, 4.69) is 10.4 Å². The van der Waals surface area contributed by atoms with E-state index >= 15 is 0 Å². The van der Waals surface area contributed by atoms with Crippen molar-refractivity contribution in [1.82, 2.24) is 9.78 Å². The average Bonchev–Trinajstić information content (AvgIpc) is 3.10. The van der Waals surface area contributed by atoms with E-state index in [4.69, 9.17) is 21.1 Å². The van der Waals surface area contributed by atoms with Gasteiger partial charge in [0.2, 0.25) is 0 Å². The lowest BCUT2D eigenvalue weighted by atomic mass is 10.1. The van der Waals surface area contributed by atoms with Gasteiger partial charge in [0.15, 0.2) is 6.61 Å². The summed E-state index contributed by atoms with van der Waals surface area (Å²) in [5, 5.41) is 7.73. The number of anilines is 1. The van der Waals surface area contributed by atoms with Crippen molar-refractivity contribution in [1.29, 1.82) is 0 Å². The number of aryl methyl sites for hydroxylation is 1. The molecule has 0 bridgehead atoms. The van der Waals surface area contributed by atoms with Crippen LogP contribution in [-0.4, -0.2) is 41.3 Å². The van der Waals surface area contributed by atoms with Crippen molar-refractivity contribution in [2.45, 2.75) is 26.7 Å². The average molecular weight is 470 g/mol. The Labute approximate surface area is 196 Å². The summed E-state index contributed by atoms with van der Waals surface area (Å²) in [4.78, 5) is 35.8. The second kappa shape index (κ2) is 10.8. The molecule has 3 rings (SSSR count). The molecule has 1 amide bonds. The number of ether oxygens (including phenoxy) is 2. The number of aromatic nitrogens is 2. The van der Waals surface area contributed by atoms with Gasteiger partial charge >= 0.3 is 11.9 Å². The first kappa shape index (κ1) is 24.0. The molecule has 2 aromatic carbocycles. The molecule has 1 heterocycles. The molecular weight excluding hydrogens is 446 g/mol. The number of nitrogens with zero attached hydrogens (tertiary/aromatic N) is 2. The van der Waals surface area contributed by atoms with Crippen LogP contribution in [0.5, 0.6) is 0 Å². The number of hydrogen-bond acceptors (Lipinski definition) is 6. The van der Waals surface area contributed by atoms with Crippen molar-refractivity contribution < 1.29 is 23.9 Å². The van der Waals surface area contributed by atoms with Gasteiger partial charge in [0.1, 0.15) is 0 Å². The number of carbonyl (C=O) groups is 3. The van der Waals surface area contributed by atoms with Gasteiger partial charge in [-0.3, -0.25) is 9.59 Å². The molecule has 0 fully saturated rings. The minimum absolute atomic E-state index is 0.272. The lowest BCUT2D eigenvalue weighted by Gasteiger charge is -2.08. The minimum atomic E-state index is -0.611. The second-order valence-corrected chi connectivity index (χ2v) is 7.75. The van der Waals surface area contributed by atoms with E-state index in [9.17, 15) is 14.4 Å². The van der Waals surface area contributed by atoms with Crippen LogP contribution in [0.15, 0.2) is 48.5 Å². The van der Waals surface area contributed by atoms with Gasteiger partial charge < -0.3 is 14.8 Å². The number of nitrogens with one attached hydrogen (secondary N) is 1. The predicted octanol–water partition coefficient (Wildman–Crippen LogP) is 4.04. The fraction of sp³-hybridized carbons (Fsp3) is 0.250. The maximum absolute atomic E-state index is 12.3. The van der Waals surface area contributed by atoms with E-state index in [0.717, 1.165) is 22.6 Å². The monoisotopic (exact) mass is 469 g/mol. The van der Waals surface area contributed by atoms with Crippen molar-refractivity contribution >= 4 is 35.1 Å². The van der Waals surface area contributed by atoms with Gasteiger partial charge in [-0.15, -0.1) is 0 Å². The topological polar surface area (TPSA) is 99.5 Å². The van der Waals surface area contributed by atoms with E-state index < -0.39 is 18.5 Å². The molecule has 172 valence electrons. The van der Waals surface area contributed by atoms with Crippen molar-refractivity contribution in [2.24, 2.45) is 0 Å². The maximum Gasteiger partial charge on any atom is 0.338 e. The van der Waals surface area contributed by atoms with Gasteiger partial charge in [-0.05, 0) is 74.4 Å². The molecule has 0 aliphatic carbocycles. The SMILES string of the molecule is COC(=O)CCc1c(C)nn(-c2ccc(C(=O)OCC(=O)Nc3ccc(Cl)cc3)cc2)c1C. The summed E-state index contributed by atoms with van der Waals surface area (Å²) in [5.41, 5.74) is 4.34. The van der Waals surface area contributed by atoms with E-state index in [0.29, 0.717) is 22.7 Å². The number of amides is 1. The number of benzene rings is 2. The number of carbonyl (C=O) groups excluding carboxylic acids is 3.